The highest BCUT2D eigenvalue weighted by Crippen LogP contribution is 2.16. The summed E-state index contributed by atoms with van der Waals surface area (Å²) in [5.74, 6) is 0.337. The molecule has 2 N–H and O–H groups in total. The predicted octanol–water partition coefficient (Wildman–Crippen LogP) is 2.96. The Hall–Kier alpha value is -1.02. The first kappa shape index (κ1) is 13.0. The van der Waals surface area contributed by atoms with E-state index in [1.54, 1.807) is 12.1 Å². The van der Waals surface area contributed by atoms with E-state index in [0.29, 0.717) is 11.2 Å². The standard InChI is InChI=1S/C14H23NO/c1-14(2,3)9-11-15-10-8-12-4-6-13(16)7-5-12/h4-7,15-16H,8-11H2,1-3H3. The van der Waals surface area contributed by atoms with Crippen LogP contribution >= 0.6 is 0 Å². The van der Waals surface area contributed by atoms with Crippen molar-refractivity contribution in [1.29, 1.82) is 0 Å². The Morgan fingerprint density at radius 2 is 1.69 bits per heavy atom. The predicted molar refractivity (Wildman–Crippen MR) is 68.8 cm³/mol. The lowest BCUT2D eigenvalue weighted by molar-refractivity contribution is 0.367. The van der Waals surface area contributed by atoms with Gasteiger partial charge >= 0.3 is 0 Å². The van der Waals surface area contributed by atoms with Gasteiger partial charge in [0, 0.05) is 0 Å². The molecule has 90 valence electrons. The van der Waals surface area contributed by atoms with Crippen LogP contribution < -0.4 is 5.32 Å². The second-order valence-corrected chi connectivity index (χ2v) is 5.48. The van der Waals surface area contributed by atoms with Gasteiger partial charge in [-0.2, -0.15) is 0 Å². The smallest absolute Gasteiger partial charge is 0.115 e. The molecule has 0 saturated carbocycles. The minimum atomic E-state index is 0.337. The van der Waals surface area contributed by atoms with Gasteiger partial charge in [0.1, 0.15) is 5.75 Å². The molecular weight excluding hydrogens is 198 g/mol. The van der Waals surface area contributed by atoms with E-state index in [1.165, 1.54) is 12.0 Å². The summed E-state index contributed by atoms with van der Waals surface area (Å²) >= 11 is 0. The molecule has 1 rings (SSSR count). The van der Waals surface area contributed by atoms with Crippen LogP contribution in [0.3, 0.4) is 0 Å². The van der Waals surface area contributed by atoms with Gasteiger partial charge in [0.05, 0.1) is 0 Å². The number of nitrogens with one attached hydrogen (secondary N) is 1. The zero-order valence-electron chi connectivity index (χ0n) is 10.6. The molecule has 0 heterocycles. The van der Waals surface area contributed by atoms with E-state index in [1.807, 2.05) is 12.1 Å². The first-order chi connectivity index (χ1) is 7.47. The van der Waals surface area contributed by atoms with E-state index in [4.69, 9.17) is 5.11 Å². The lowest BCUT2D eigenvalue weighted by atomic mass is 9.92. The molecule has 0 aliphatic rings. The third kappa shape index (κ3) is 5.76. The molecule has 1 aromatic carbocycles. The summed E-state index contributed by atoms with van der Waals surface area (Å²) in [6.45, 7) is 8.85. The highest BCUT2D eigenvalue weighted by Gasteiger charge is 2.08. The summed E-state index contributed by atoms with van der Waals surface area (Å²) in [4.78, 5) is 0. The molecule has 0 amide bonds. The Bertz CT molecular complexity index is 298. The van der Waals surface area contributed by atoms with Crippen LogP contribution in [0.25, 0.3) is 0 Å². The van der Waals surface area contributed by atoms with E-state index >= 15 is 0 Å². The van der Waals surface area contributed by atoms with Crippen molar-refractivity contribution in [2.45, 2.75) is 33.6 Å². The van der Waals surface area contributed by atoms with Gasteiger partial charge in [0.15, 0.2) is 0 Å². The van der Waals surface area contributed by atoms with Gasteiger partial charge in [-0.15, -0.1) is 0 Å². The molecule has 0 atom stereocenters. The maximum absolute atomic E-state index is 9.14. The maximum Gasteiger partial charge on any atom is 0.115 e. The highest BCUT2D eigenvalue weighted by atomic mass is 16.3. The lowest BCUT2D eigenvalue weighted by Gasteiger charge is -2.18. The van der Waals surface area contributed by atoms with Crippen molar-refractivity contribution in [1.82, 2.24) is 5.32 Å². The second-order valence-electron chi connectivity index (χ2n) is 5.48. The maximum atomic E-state index is 9.14. The third-order valence-electron chi connectivity index (χ3n) is 2.58. The normalized spacial score (nSPS) is 11.7. The Morgan fingerprint density at radius 1 is 1.06 bits per heavy atom. The summed E-state index contributed by atoms with van der Waals surface area (Å²) in [7, 11) is 0. The van der Waals surface area contributed by atoms with Gasteiger partial charge in [-0.3, -0.25) is 0 Å². The molecule has 2 heteroatoms. The van der Waals surface area contributed by atoms with Crippen LogP contribution in [0.4, 0.5) is 0 Å². The van der Waals surface area contributed by atoms with E-state index in [2.05, 4.69) is 26.1 Å². The van der Waals surface area contributed by atoms with Gasteiger partial charge in [0.25, 0.3) is 0 Å². The average Bonchev–Trinajstić information content (AvgIpc) is 2.19. The van der Waals surface area contributed by atoms with Crippen LogP contribution in [0.2, 0.25) is 0 Å². The molecule has 0 radical (unpaired) electrons. The highest BCUT2D eigenvalue weighted by molar-refractivity contribution is 5.25. The van der Waals surface area contributed by atoms with Crippen molar-refractivity contribution < 1.29 is 5.11 Å². The Morgan fingerprint density at radius 3 is 2.25 bits per heavy atom. The summed E-state index contributed by atoms with van der Waals surface area (Å²) in [6.07, 6.45) is 2.22. The van der Waals surface area contributed by atoms with Crippen molar-refractivity contribution in [3.8, 4) is 5.75 Å². The van der Waals surface area contributed by atoms with Crippen LogP contribution in [0.5, 0.6) is 5.75 Å². The molecule has 0 aliphatic heterocycles. The molecule has 0 aromatic heterocycles. The Balaban J connectivity index is 2.14. The van der Waals surface area contributed by atoms with Crippen molar-refractivity contribution in [2.75, 3.05) is 13.1 Å². The minimum Gasteiger partial charge on any atom is -0.508 e. The van der Waals surface area contributed by atoms with Crippen molar-refractivity contribution in [3.63, 3.8) is 0 Å². The zero-order chi connectivity index (χ0) is 12.0. The van der Waals surface area contributed by atoms with Gasteiger partial charge in [0.2, 0.25) is 0 Å². The van der Waals surface area contributed by atoms with Gasteiger partial charge in [-0.05, 0) is 49.0 Å². The summed E-state index contributed by atoms with van der Waals surface area (Å²) < 4.78 is 0. The van der Waals surface area contributed by atoms with Crippen LogP contribution in [0, 0.1) is 5.41 Å². The number of benzene rings is 1. The molecule has 16 heavy (non-hydrogen) atoms. The topological polar surface area (TPSA) is 32.3 Å². The third-order valence-corrected chi connectivity index (χ3v) is 2.58. The molecule has 2 nitrogen and oxygen atoms in total. The number of aromatic hydroxyl groups is 1. The van der Waals surface area contributed by atoms with Crippen LogP contribution in [0.1, 0.15) is 32.8 Å². The molecule has 0 bridgehead atoms. The first-order valence-corrected chi connectivity index (χ1v) is 5.96. The van der Waals surface area contributed by atoms with Crippen molar-refractivity contribution >= 4 is 0 Å². The largest absolute Gasteiger partial charge is 0.508 e. The number of rotatable bonds is 5. The molecule has 0 aliphatic carbocycles. The molecule has 1 aromatic rings. The van der Waals surface area contributed by atoms with Crippen molar-refractivity contribution in [3.05, 3.63) is 29.8 Å². The number of phenols is 1. The molecular formula is C14H23NO. The fourth-order valence-corrected chi connectivity index (χ4v) is 1.48. The lowest BCUT2D eigenvalue weighted by Crippen LogP contribution is -2.22. The monoisotopic (exact) mass is 221 g/mol. The number of hydrogen-bond donors (Lipinski definition) is 2. The quantitative estimate of drug-likeness (QED) is 0.749. The van der Waals surface area contributed by atoms with Crippen LogP contribution in [-0.2, 0) is 6.42 Å². The zero-order valence-corrected chi connectivity index (χ0v) is 10.6. The van der Waals surface area contributed by atoms with E-state index < -0.39 is 0 Å². The first-order valence-electron chi connectivity index (χ1n) is 5.96. The number of hydrogen-bond acceptors (Lipinski definition) is 2. The van der Waals surface area contributed by atoms with E-state index in [0.717, 1.165) is 19.5 Å². The average molecular weight is 221 g/mol. The summed E-state index contributed by atoms with van der Waals surface area (Å²) in [5.41, 5.74) is 1.67. The van der Waals surface area contributed by atoms with E-state index in [-0.39, 0.29) is 0 Å². The van der Waals surface area contributed by atoms with E-state index in [9.17, 15) is 0 Å². The Labute approximate surface area is 98.7 Å². The fraction of sp³-hybridized carbons (Fsp3) is 0.571. The molecule has 0 saturated heterocycles. The van der Waals surface area contributed by atoms with Gasteiger partial charge in [-0.25, -0.2) is 0 Å². The molecule has 0 spiro atoms. The molecule has 0 unspecified atom stereocenters. The van der Waals surface area contributed by atoms with Crippen LogP contribution in [0.15, 0.2) is 24.3 Å². The minimum absolute atomic E-state index is 0.337. The second kappa shape index (κ2) is 5.90. The summed E-state index contributed by atoms with van der Waals surface area (Å²) in [5, 5.41) is 12.6. The van der Waals surface area contributed by atoms with Gasteiger partial charge < -0.3 is 10.4 Å². The number of phenolic OH excluding ortho intramolecular Hbond substituents is 1. The van der Waals surface area contributed by atoms with Crippen LogP contribution in [-0.4, -0.2) is 18.2 Å². The van der Waals surface area contributed by atoms with Gasteiger partial charge in [-0.1, -0.05) is 32.9 Å². The fourth-order valence-electron chi connectivity index (χ4n) is 1.48. The Kier molecular flexibility index (Phi) is 4.81. The summed E-state index contributed by atoms with van der Waals surface area (Å²) in [6, 6.07) is 7.43. The van der Waals surface area contributed by atoms with Crippen molar-refractivity contribution in [2.24, 2.45) is 5.41 Å². The molecule has 0 fully saturated rings. The SMILES string of the molecule is CC(C)(C)CCNCCc1ccc(O)cc1.